The number of aromatic hydroxyl groups is 1. The molecule has 0 aromatic heterocycles. The van der Waals surface area contributed by atoms with Crippen LogP contribution in [0.4, 0.5) is 14.9 Å². The van der Waals surface area contributed by atoms with Crippen molar-refractivity contribution in [2.45, 2.75) is 99.3 Å². The van der Waals surface area contributed by atoms with Crippen LogP contribution in [0.15, 0.2) is 18.2 Å². The Labute approximate surface area is 291 Å². The van der Waals surface area contributed by atoms with Crippen molar-refractivity contribution in [2.24, 2.45) is 35.1 Å². The van der Waals surface area contributed by atoms with E-state index in [-0.39, 0.29) is 55.1 Å². The highest BCUT2D eigenvalue weighted by Crippen LogP contribution is 2.37. The number of carbonyl (C=O) groups excluding carboxylic acids is 4. The monoisotopic (exact) mass is 711 g/mol. The van der Waals surface area contributed by atoms with Gasteiger partial charge in [-0.1, -0.05) is 86.6 Å². The first-order chi connectivity index (χ1) is 23.0. The van der Waals surface area contributed by atoms with E-state index in [0.29, 0.717) is 5.57 Å². The molecule has 3 atom stereocenters. The van der Waals surface area contributed by atoms with Crippen molar-refractivity contribution in [2.75, 3.05) is 23.9 Å². The maximum Gasteiger partial charge on any atom is 0.413 e. The van der Waals surface area contributed by atoms with E-state index in [4.69, 9.17) is 20.9 Å². The predicted octanol–water partition coefficient (Wildman–Crippen LogP) is 4.49. The number of phenolic OH excluding ortho intramolecular Hbond substituents is 1. The van der Waals surface area contributed by atoms with Crippen LogP contribution >= 0.6 is 0 Å². The molecule has 15 heteroatoms. The normalized spacial score (nSPS) is 18.7. The van der Waals surface area contributed by atoms with Crippen molar-refractivity contribution >= 4 is 46.3 Å². The van der Waals surface area contributed by atoms with Gasteiger partial charge in [0.15, 0.2) is 5.82 Å². The molecule has 1 aromatic carbocycles. The molecule has 2 heterocycles. The predicted molar refractivity (Wildman–Crippen MR) is 186 cm³/mol. The van der Waals surface area contributed by atoms with Gasteiger partial charge in [0.25, 0.3) is 12.2 Å². The van der Waals surface area contributed by atoms with Gasteiger partial charge in [0, 0.05) is 31.0 Å². The Bertz CT molecular complexity index is 1370. The van der Waals surface area contributed by atoms with Crippen molar-refractivity contribution in [3.8, 4) is 5.75 Å². The van der Waals surface area contributed by atoms with Gasteiger partial charge in [0.05, 0.1) is 6.04 Å². The highest BCUT2D eigenvalue weighted by Gasteiger charge is 2.34. The number of nitrogens with one attached hydrogen (secondary N) is 1. The standard InChI is InChI=1S/C22H28FN3O7S.C7H14.C5H12N2O/c1-12(2)9-18(29)32-21(13(3)4)33-22(30)25-8-7-14(10-25)15-5-6-16(27)20(19(15)23)26-11-17(28)24-34(26)31;1-2-7-5-3-4-6-7;1-3(2)4(6)5(7)8/h5-7,12-13,21,27H,8-11H2,1-4H3,(H,24,28);7H,2-6H2,1H3;3-4H,6H2,1-2H3,(H2,7,8). The van der Waals surface area contributed by atoms with Crippen LogP contribution in [0.1, 0.15) is 92.6 Å². The highest BCUT2D eigenvalue weighted by atomic mass is 32.2. The number of nitrogens with two attached hydrogens (primary N) is 2. The molecule has 0 bridgehead atoms. The zero-order valence-corrected chi connectivity index (χ0v) is 30.5. The third kappa shape index (κ3) is 12.6. The SMILES string of the molecule is CC(C)C(N)C(N)=O.CC(C)CC(=O)OC(OC(=O)N1CC=C(c2ccc(O)c(N3CC(=O)NS3=O)c2F)C1)C(C)C.CCC1CCCC1. The van der Waals surface area contributed by atoms with Crippen LogP contribution in [0.25, 0.3) is 5.57 Å². The molecule has 3 amide bonds. The number of carbonyl (C=O) groups is 4. The number of esters is 1. The lowest BCUT2D eigenvalue weighted by molar-refractivity contribution is -0.177. The van der Waals surface area contributed by atoms with Crippen molar-refractivity contribution in [3.63, 3.8) is 0 Å². The van der Waals surface area contributed by atoms with Gasteiger partial charge in [-0.05, 0) is 35.5 Å². The Hall–Kier alpha value is -3.72. The molecule has 0 radical (unpaired) electrons. The lowest BCUT2D eigenvalue weighted by atomic mass is 10.0. The van der Waals surface area contributed by atoms with Gasteiger partial charge < -0.3 is 30.9 Å². The summed E-state index contributed by atoms with van der Waals surface area (Å²) < 4.78 is 41.2. The Morgan fingerprint density at radius 2 is 1.69 bits per heavy atom. The zero-order chi connectivity index (χ0) is 37.0. The lowest BCUT2D eigenvalue weighted by Crippen LogP contribution is -2.40. The van der Waals surface area contributed by atoms with Gasteiger partial charge in [-0.15, -0.1) is 0 Å². The second kappa shape index (κ2) is 19.5. The number of phenols is 1. The first kappa shape index (κ1) is 41.5. The van der Waals surface area contributed by atoms with Crippen LogP contribution in [0.5, 0.6) is 5.75 Å². The Morgan fingerprint density at radius 3 is 2.14 bits per heavy atom. The first-order valence-electron chi connectivity index (χ1n) is 16.9. The van der Waals surface area contributed by atoms with E-state index in [2.05, 4.69) is 11.6 Å². The molecule has 0 spiro atoms. The molecule has 13 nitrogen and oxygen atoms in total. The van der Waals surface area contributed by atoms with Crippen LogP contribution in [0, 0.1) is 29.5 Å². The number of primary amides is 1. The van der Waals surface area contributed by atoms with E-state index in [1.807, 2.05) is 27.7 Å². The van der Waals surface area contributed by atoms with E-state index in [1.54, 1.807) is 19.9 Å². The number of hydrogen-bond acceptors (Lipinski definition) is 9. The summed E-state index contributed by atoms with van der Waals surface area (Å²) in [5.41, 5.74) is 10.3. The fourth-order valence-electron chi connectivity index (χ4n) is 5.19. The third-order valence-electron chi connectivity index (χ3n) is 8.24. The summed E-state index contributed by atoms with van der Waals surface area (Å²) in [4.78, 5) is 47.8. The summed E-state index contributed by atoms with van der Waals surface area (Å²) in [6.45, 7) is 13.0. The number of rotatable bonds is 10. The summed E-state index contributed by atoms with van der Waals surface area (Å²) >= 11 is -2.02. The van der Waals surface area contributed by atoms with Crippen molar-refractivity contribution in [3.05, 3.63) is 29.6 Å². The molecular formula is C34H54FN5O8S. The van der Waals surface area contributed by atoms with Crippen molar-refractivity contribution < 1.29 is 42.4 Å². The number of amides is 3. The van der Waals surface area contributed by atoms with E-state index in [9.17, 15) is 28.5 Å². The number of anilines is 1. The van der Waals surface area contributed by atoms with Gasteiger partial charge in [-0.25, -0.2) is 13.4 Å². The minimum atomic E-state index is -2.02. The topological polar surface area (TPSA) is 195 Å². The fraction of sp³-hybridized carbons (Fsp3) is 0.647. The first-order valence-corrected chi connectivity index (χ1v) is 18.0. The largest absolute Gasteiger partial charge is 0.506 e. The number of hydrogen-bond donors (Lipinski definition) is 4. The molecule has 1 aliphatic carbocycles. The van der Waals surface area contributed by atoms with Crippen LogP contribution in [-0.2, 0) is 35.0 Å². The van der Waals surface area contributed by atoms with Crippen LogP contribution < -0.4 is 20.5 Å². The molecule has 3 unspecified atom stereocenters. The number of ether oxygens (including phenoxy) is 2. The molecule has 49 heavy (non-hydrogen) atoms. The molecule has 2 fully saturated rings. The van der Waals surface area contributed by atoms with Gasteiger partial charge >= 0.3 is 12.1 Å². The molecule has 1 saturated heterocycles. The van der Waals surface area contributed by atoms with Gasteiger partial charge in [-0.3, -0.25) is 23.4 Å². The summed E-state index contributed by atoms with van der Waals surface area (Å²) in [5.74, 6) is -1.73. The Balaban J connectivity index is 0.000000456. The number of nitrogens with zero attached hydrogens (tertiary/aromatic N) is 2. The van der Waals surface area contributed by atoms with E-state index in [1.165, 1.54) is 49.1 Å². The Kier molecular flexibility index (Phi) is 16.5. The van der Waals surface area contributed by atoms with E-state index >= 15 is 4.39 Å². The summed E-state index contributed by atoms with van der Waals surface area (Å²) in [7, 11) is 0. The van der Waals surface area contributed by atoms with Crippen LogP contribution in [0.2, 0.25) is 0 Å². The second-order valence-corrected chi connectivity index (χ2v) is 14.7. The molecule has 1 aromatic rings. The lowest BCUT2D eigenvalue weighted by Gasteiger charge is -2.25. The maximum atomic E-state index is 15.3. The molecule has 6 N–H and O–H groups in total. The molecular weight excluding hydrogens is 657 g/mol. The van der Waals surface area contributed by atoms with E-state index in [0.717, 1.165) is 10.2 Å². The Morgan fingerprint density at radius 1 is 1.06 bits per heavy atom. The van der Waals surface area contributed by atoms with Gasteiger partial charge in [-0.2, -0.15) is 0 Å². The number of benzene rings is 1. The van der Waals surface area contributed by atoms with Gasteiger partial charge in [0.1, 0.15) is 18.0 Å². The summed E-state index contributed by atoms with van der Waals surface area (Å²) in [6.07, 6.45) is 7.47. The third-order valence-corrected chi connectivity index (χ3v) is 9.35. The fourth-order valence-corrected chi connectivity index (χ4v) is 6.14. The molecule has 4 rings (SSSR count). The minimum Gasteiger partial charge on any atom is -0.506 e. The van der Waals surface area contributed by atoms with E-state index < -0.39 is 58.9 Å². The number of halogens is 1. The highest BCUT2D eigenvalue weighted by molar-refractivity contribution is 7.85. The molecule has 3 aliphatic rings. The van der Waals surface area contributed by atoms with Crippen molar-refractivity contribution in [1.82, 2.24) is 9.62 Å². The quantitative estimate of drug-likeness (QED) is 0.200. The second-order valence-electron chi connectivity index (χ2n) is 13.5. The van der Waals surface area contributed by atoms with Gasteiger partial charge in [0.2, 0.25) is 17.1 Å². The average molecular weight is 712 g/mol. The average Bonchev–Trinajstić information content (AvgIpc) is 3.78. The minimum absolute atomic E-state index is 0.00495. The molecule has 2 aliphatic heterocycles. The summed E-state index contributed by atoms with van der Waals surface area (Å²) in [6, 6.07) is 2.08. The van der Waals surface area contributed by atoms with Crippen LogP contribution in [0.3, 0.4) is 0 Å². The van der Waals surface area contributed by atoms with Crippen molar-refractivity contribution in [1.29, 1.82) is 0 Å². The maximum absolute atomic E-state index is 15.3. The van der Waals surface area contributed by atoms with Crippen LogP contribution in [-0.4, -0.2) is 70.1 Å². The molecule has 276 valence electrons. The smallest absolute Gasteiger partial charge is 0.413 e. The zero-order valence-electron chi connectivity index (χ0n) is 29.7. The molecule has 1 saturated carbocycles. The summed E-state index contributed by atoms with van der Waals surface area (Å²) in [5, 5.41) is 10.1.